The van der Waals surface area contributed by atoms with Gasteiger partial charge in [0.05, 0.1) is 12.8 Å². The molecule has 0 spiro atoms. The molecule has 0 radical (unpaired) electrons. The van der Waals surface area contributed by atoms with E-state index < -0.39 is 17.9 Å². The van der Waals surface area contributed by atoms with Crippen LogP contribution in [0.3, 0.4) is 0 Å². The zero-order chi connectivity index (χ0) is 17.9. The van der Waals surface area contributed by atoms with Crippen molar-refractivity contribution in [1.82, 2.24) is 15.1 Å². The van der Waals surface area contributed by atoms with E-state index in [1.54, 1.807) is 43.8 Å². The smallest absolute Gasteiger partial charge is 0.326 e. The third-order valence-electron chi connectivity index (χ3n) is 3.66. The van der Waals surface area contributed by atoms with Crippen LogP contribution in [0.5, 0.6) is 5.75 Å². The summed E-state index contributed by atoms with van der Waals surface area (Å²) in [5.41, 5.74) is 1.72. The zero-order valence-corrected chi connectivity index (χ0v) is 14.1. The normalized spacial score (nSPS) is 12.0. The van der Waals surface area contributed by atoms with Crippen molar-refractivity contribution in [3.8, 4) is 11.4 Å². The van der Waals surface area contributed by atoms with Crippen LogP contribution in [0.15, 0.2) is 30.3 Å². The molecule has 1 aromatic carbocycles. The Labute approximate surface area is 140 Å². The van der Waals surface area contributed by atoms with Crippen LogP contribution in [0, 0.1) is 12.8 Å². The summed E-state index contributed by atoms with van der Waals surface area (Å²) in [6, 6.07) is 7.93. The molecule has 128 valence electrons. The first-order valence-electron chi connectivity index (χ1n) is 7.58. The fourth-order valence-corrected chi connectivity index (χ4v) is 2.30. The Balaban J connectivity index is 2.23. The van der Waals surface area contributed by atoms with Gasteiger partial charge in [0, 0.05) is 5.69 Å². The summed E-state index contributed by atoms with van der Waals surface area (Å²) >= 11 is 0. The van der Waals surface area contributed by atoms with Gasteiger partial charge < -0.3 is 15.2 Å². The maximum atomic E-state index is 12.3. The molecule has 0 aliphatic carbocycles. The quantitative estimate of drug-likeness (QED) is 0.845. The van der Waals surface area contributed by atoms with E-state index in [2.05, 4.69) is 10.4 Å². The van der Waals surface area contributed by atoms with E-state index in [9.17, 15) is 14.7 Å². The SMILES string of the molecule is COc1ccc(-n2nc(C(=O)N[C@H](C(=O)O)C(C)C)cc2C)cc1. The minimum absolute atomic E-state index is 0.176. The van der Waals surface area contributed by atoms with Gasteiger partial charge in [-0.25, -0.2) is 9.48 Å². The molecule has 0 aliphatic heterocycles. The molecule has 0 aliphatic rings. The Morgan fingerprint density at radius 3 is 2.38 bits per heavy atom. The van der Waals surface area contributed by atoms with Crippen molar-refractivity contribution in [3.63, 3.8) is 0 Å². The van der Waals surface area contributed by atoms with Crippen LogP contribution in [0.2, 0.25) is 0 Å². The number of carbonyl (C=O) groups excluding carboxylic acids is 1. The Hall–Kier alpha value is -2.83. The second-order valence-corrected chi connectivity index (χ2v) is 5.81. The number of carboxylic acids is 1. The minimum atomic E-state index is -1.07. The van der Waals surface area contributed by atoms with E-state index in [0.717, 1.165) is 17.1 Å². The largest absolute Gasteiger partial charge is 0.497 e. The molecule has 1 aromatic heterocycles. The topological polar surface area (TPSA) is 93.5 Å². The number of nitrogens with one attached hydrogen (secondary N) is 1. The van der Waals surface area contributed by atoms with Crippen molar-refractivity contribution in [1.29, 1.82) is 0 Å². The van der Waals surface area contributed by atoms with Gasteiger partial charge in [-0.15, -0.1) is 0 Å². The third-order valence-corrected chi connectivity index (χ3v) is 3.66. The van der Waals surface area contributed by atoms with Gasteiger partial charge >= 0.3 is 5.97 Å². The molecule has 1 heterocycles. The van der Waals surface area contributed by atoms with Gasteiger partial charge in [-0.3, -0.25) is 4.79 Å². The van der Waals surface area contributed by atoms with Crippen molar-refractivity contribution >= 4 is 11.9 Å². The van der Waals surface area contributed by atoms with Crippen molar-refractivity contribution in [2.45, 2.75) is 26.8 Å². The molecule has 2 aromatic rings. The highest BCUT2D eigenvalue weighted by molar-refractivity contribution is 5.95. The number of methoxy groups -OCH3 is 1. The van der Waals surface area contributed by atoms with E-state index in [1.807, 2.05) is 19.1 Å². The Morgan fingerprint density at radius 2 is 1.88 bits per heavy atom. The van der Waals surface area contributed by atoms with Crippen LogP contribution in [-0.2, 0) is 4.79 Å². The van der Waals surface area contributed by atoms with E-state index in [1.165, 1.54) is 0 Å². The maximum absolute atomic E-state index is 12.3. The highest BCUT2D eigenvalue weighted by Crippen LogP contribution is 2.17. The fraction of sp³-hybridized carbons (Fsp3) is 0.353. The van der Waals surface area contributed by atoms with Gasteiger partial charge in [-0.05, 0) is 43.2 Å². The number of rotatable bonds is 6. The van der Waals surface area contributed by atoms with E-state index >= 15 is 0 Å². The fourth-order valence-electron chi connectivity index (χ4n) is 2.30. The van der Waals surface area contributed by atoms with Gasteiger partial charge in [0.2, 0.25) is 0 Å². The number of aromatic nitrogens is 2. The standard InChI is InChI=1S/C17H21N3O4/c1-10(2)15(17(22)23)18-16(21)14-9-11(3)20(19-14)12-5-7-13(24-4)8-6-12/h5-10,15H,1-4H3,(H,18,21)(H,22,23)/t15-/m0/s1. The van der Waals surface area contributed by atoms with E-state index in [-0.39, 0.29) is 11.6 Å². The number of amides is 1. The summed E-state index contributed by atoms with van der Waals surface area (Å²) in [6.45, 7) is 5.30. The van der Waals surface area contributed by atoms with Gasteiger partial charge in [-0.2, -0.15) is 5.10 Å². The molecule has 24 heavy (non-hydrogen) atoms. The van der Waals surface area contributed by atoms with Crippen LogP contribution in [0.4, 0.5) is 0 Å². The molecule has 1 atom stereocenters. The number of nitrogens with zero attached hydrogens (tertiary/aromatic N) is 2. The first-order valence-corrected chi connectivity index (χ1v) is 7.58. The van der Waals surface area contributed by atoms with Crippen molar-refractivity contribution in [3.05, 3.63) is 41.7 Å². The minimum Gasteiger partial charge on any atom is -0.497 e. The molecule has 0 saturated heterocycles. The Morgan fingerprint density at radius 1 is 1.25 bits per heavy atom. The van der Waals surface area contributed by atoms with Crippen molar-refractivity contribution in [2.75, 3.05) is 7.11 Å². The third kappa shape index (κ3) is 3.73. The molecular weight excluding hydrogens is 310 g/mol. The summed E-state index contributed by atoms with van der Waals surface area (Å²) in [7, 11) is 1.59. The summed E-state index contributed by atoms with van der Waals surface area (Å²) in [5.74, 6) is -1.07. The van der Waals surface area contributed by atoms with Gasteiger partial charge in [-0.1, -0.05) is 13.8 Å². The van der Waals surface area contributed by atoms with Gasteiger partial charge in [0.15, 0.2) is 5.69 Å². The Kier molecular flexibility index (Phi) is 5.23. The molecule has 0 saturated carbocycles. The van der Waals surface area contributed by atoms with Crippen LogP contribution >= 0.6 is 0 Å². The number of hydrogen-bond donors (Lipinski definition) is 2. The number of hydrogen-bond acceptors (Lipinski definition) is 4. The number of carboxylic acid groups (broad SMARTS) is 1. The van der Waals surface area contributed by atoms with Crippen LogP contribution in [-0.4, -0.2) is 39.9 Å². The lowest BCUT2D eigenvalue weighted by Crippen LogP contribution is -2.44. The Bertz CT molecular complexity index is 735. The van der Waals surface area contributed by atoms with Crippen molar-refractivity contribution < 1.29 is 19.4 Å². The van der Waals surface area contributed by atoms with E-state index in [0.29, 0.717) is 0 Å². The molecule has 7 nitrogen and oxygen atoms in total. The highest BCUT2D eigenvalue weighted by Gasteiger charge is 2.25. The van der Waals surface area contributed by atoms with Gasteiger partial charge in [0.25, 0.3) is 5.91 Å². The average Bonchev–Trinajstić information content (AvgIpc) is 2.93. The summed E-state index contributed by atoms with van der Waals surface area (Å²) in [6.07, 6.45) is 0. The van der Waals surface area contributed by atoms with Crippen molar-refractivity contribution in [2.24, 2.45) is 5.92 Å². The predicted octanol–water partition coefficient (Wildman–Crippen LogP) is 2.03. The lowest BCUT2D eigenvalue weighted by atomic mass is 10.0. The lowest BCUT2D eigenvalue weighted by Gasteiger charge is -2.16. The predicted molar refractivity (Wildman–Crippen MR) is 88.6 cm³/mol. The second-order valence-electron chi connectivity index (χ2n) is 5.81. The van der Waals surface area contributed by atoms with Crippen LogP contribution < -0.4 is 10.1 Å². The first kappa shape index (κ1) is 17.5. The number of carbonyl (C=O) groups is 2. The number of ether oxygens (including phenoxy) is 1. The second kappa shape index (κ2) is 7.16. The molecule has 0 unspecified atom stereocenters. The lowest BCUT2D eigenvalue weighted by molar-refractivity contribution is -0.140. The monoisotopic (exact) mass is 331 g/mol. The van der Waals surface area contributed by atoms with Gasteiger partial charge in [0.1, 0.15) is 11.8 Å². The zero-order valence-electron chi connectivity index (χ0n) is 14.1. The summed E-state index contributed by atoms with van der Waals surface area (Å²) in [4.78, 5) is 23.5. The number of aliphatic carboxylic acids is 1. The average molecular weight is 331 g/mol. The summed E-state index contributed by atoms with van der Waals surface area (Å²) < 4.78 is 6.74. The molecule has 1 amide bonds. The first-order chi connectivity index (χ1) is 11.3. The molecule has 0 fully saturated rings. The molecular formula is C17H21N3O4. The maximum Gasteiger partial charge on any atom is 0.326 e. The molecule has 2 N–H and O–H groups in total. The highest BCUT2D eigenvalue weighted by atomic mass is 16.5. The summed E-state index contributed by atoms with van der Waals surface area (Å²) in [5, 5.41) is 16.0. The van der Waals surface area contributed by atoms with Crippen LogP contribution in [0.25, 0.3) is 5.69 Å². The molecule has 0 bridgehead atoms. The van der Waals surface area contributed by atoms with Crippen LogP contribution in [0.1, 0.15) is 30.0 Å². The van der Waals surface area contributed by atoms with E-state index in [4.69, 9.17) is 4.74 Å². The molecule has 7 heteroatoms. The number of benzene rings is 1. The molecule has 2 rings (SSSR count). The number of aryl methyl sites for hydroxylation is 1.